The third kappa shape index (κ3) is 3.96. The maximum Gasteiger partial charge on any atom is 0.249 e. The number of hydrogen-bond acceptors (Lipinski definition) is 4. The number of carbonyl (C=O) groups excluding carboxylic acids is 2. The summed E-state index contributed by atoms with van der Waals surface area (Å²) in [7, 11) is 0. The number of hydrogen-bond donors (Lipinski definition) is 0. The Kier molecular flexibility index (Phi) is 5.74. The highest BCUT2D eigenvalue weighted by atomic mass is 35.5. The van der Waals surface area contributed by atoms with Crippen molar-refractivity contribution in [3.8, 4) is 0 Å². The van der Waals surface area contributed by atoms with Crippen LogP contribution in [0.1, 0.15) is 40.8 Å². The molecule has 7 heteroatoms. The number of benzene rings is 1. The zero-order valence-corrected chi connectivity index (χ0v) is 18.3. The van der Waals surface area contributed by atoms with Crippen LogP contribution in [0.2, 0.25) is 5.02 Å². The van der Waals surface area contributed by atoms with Crippen molar-refractivity contribution < 1.29 is 9.59 Å². The van der Waals surface area contributed by atoms with Crippen LogP contribution in [0.15, 0.2) is 29.3 Å². The predicted molar refractivity (Wildman–Crippen MR) is 119 cm³/mol. The molecule has 152 valence electrons. The average molecular weight is 430 g/mol. The Balaban J connectivity index is 1.72. The molecule has 1 fully saturated rings. The largest absolute Gasteiger partial charge is 0.341 e. The molecule has 3 heterocycles. The van der Waals surface area contributed by atoms with Crippen molar-refractivity contribution >= 4 is 45.5 Å². The van der Waals surface area contributed by atoms with Gasteiger partial charge < -0.3 is 4.90 Å². The minimum absolute atomic E-state index is 0.0163. The van der Waals surface area contributed by atoms with Gasteiger partial charge >= 0.3 is 0 Å². The molecule has 1 aromatic carbocycles. The summed E-state index contributed by atoms with van der Waals surface area (Å²) < 4.78 is 0. The van der Waals surface area contributed by atoms with Gasteiger partial charge in [-0.3, -0.25) is 19.5 Å². The first-order chi connectivity index (χ1) is 14.0. The van der Waals surface area contributed by atoms with Crippen LogP contribution in [0.4, 0.5) is 5.00 Å². The Labute approximate surface area is 180 Å². The number of carbonyl (C=O) groups is 2. The molecule has 2 aliphatic rings. The number of aryl methyl sites for hydroxylation is 1. The van der Waals surface area contributed by atoms with E-state index in [4.69, 9.17) is 11.6 Å². The Morgan fingerprint density at radius 2 is 1.83 bits per heavy atom. The molecular weight excluding hydrogens is 406 g/mol. The molecule has 0 N–H and O–H groups in total. The molecule has 0 bridgehead atoms. The van der Waals surface area contributed by atoms with E-state index in [1.165, 1.54) is 0 Å². The van der Waals surface area contributed by atoms with Gasteiger partial charge in [0.1, 0.15) is 18.1 Å². The molecule has 1 aromatic heterocycles. The number of piperidine rings is 1. The van der Waals surface area contributed by atoms with Gasteiger partial charge in [0, 0.05) is 34.1 Å². The maximum atomic E-state index is 13.0. The minimum Gasteiger partial charge on any atom is -0.341 e. The maximum absolute atomic E-state index is 13.0. The molecule has 2 aromatic rings. The fourth-order valence-electron chi connectivity index (χ4n) is 3.88. The number of nitrogens with zero attached hydrogens (tertiary/aromatic N) is 3. The summed E-state index contributed by atoms with van der Waals surface area (Å²) in [5, 5.41) is 1.48. The van der Waals surface area contributed by atoms with E-state index in [2.05, 4.69) is 11.9 Å². The highest BCUT2D eigenvalue weighted by Crippen LogP contribution is 2.38. The lowest BCUT2D eigenvalue weighted by Gasteiger charge is -2.29. The number of rotatable bonds is 3. The molecule has 2 aliphatic heterocycles. The second kappa shape index (κ2) is 8.28. The first kappa shape index (κ1) is 20.1. The van der Waals surface area contributed by atoms with Gasteiger partial charge in [0.2, 0.25) is 11.8 Å². The van der Waals surface area contributed by atoms with Crippen LogP contribution in [0.5, 0.6) is 0 Å². The molecular formula is C22H24ClN3O2S. The van der Waals surface area contributed by atoms with Gasteiger partial charge in [-0.1, -0.05) is 23.7 Å². The van der Waals surface area contributed by atoms with Gasteiger partial charge in [-0.15, -0.1) is 11.3 Å². The monoisotopic (exact) mass is 429 g/mol. The number of thiophene rings is 1. The van der Waals surface area contributed by atoms with Gasteiger partial charge in [0.15, 0.2) is 0 Å². The van der Waals surface area contributed by atoms with Crippen molar-refractivity contribution in [3.63, 3.8) is 0 Å². The van der Waals surface area contributed by atoms with Crippen LogP contribution < -0.4 is 4.90 Å². The molecule has 29 heavy (non-hydrogen) atoms. The summed E-state index contributed by atoms with van der Waals surface area (Å²) in [5.41, 5.74) is 3.77. The van der Waals surface area contributed by atoms with Crippen molar-refractivity contribution in [1.29, 1.82) is 0 Å². The number of likely N-dealkylation sites (tertiary alicyclic amines) is 1. The highest BCUT2D eigenvalue weighted by Gasteiger charge is 2.32. The Morgan fingerprint density at radius 1 is 1.14 bits per heavy atom. The Bertz CT molecular complexity index is 975. The summed E-state index contributed by atoms with van der Waals surface area (Å²) in [6, 6.07) is 7.52. The van der Waals surface area contributed by atoms with E-state index in [0.29, 0.717) is 5.02 Å². The topological polar surface area (TPSA) is 53.0 Å². The highest BCUT2D eigenvalue weighted by molar-refractivity contribution is 7.17. The van der Waals surface area contributed by atoms with E-state index < -0.39 is 0 Å². The summed E-state index contributed by atoms with van der Waals surface area (Å²) >= 11 is 7.61. The standard InChI is InChI=1S/C22H24ClN3O2S/c1-14-15(2)29-22-20(14)21(16-6-8-17(23)9-7-16)24-12-18(27)26(22)13-19(28)25-10-4-3-5-11-25/h6-9H,3-5,10-13H2,1-2H3. The van der Waals surface area contributed by atoms with E-state index >= 15 is 0 Å². The Hall–Kier alpha value is -2.18. The molecule has 0 saturated carbocycles. The zero-order valence-electron chi connectivity index (χ0n) is 16.7. The summed E-state index contributed by atoms with van der Waals surface area (Å²) in [5.74, 6) is -0.121. The lowest BCUT2D eigenvalue weighted by Crippen LogP contribution is -2.45. The smallest absolute Gasteiger partial charge is 0.249 e. The average Bonchev–Trinajstić information content (AvgIpc) is 2.94. The van der Waals surface area contributed by atoms with Crippen molar-refractivity contribution in [2.45, 2.75) is 33.1 Å². The van der Waals surface area contributed by atoms with E-state index in [9.17, 15) is 9.59 Å². The van der Waals surface area contributed by atoms with Crippen molar-refractivity contribution in [2.75, 3.05) is 31.1 Å². The fourth-order valence-corrected chi connectivity index (χ4v) is 5.18. The first-order valence-corrected chi connectivity index (χ1v) is 11.1. The van der Waals surface area contributed by atoms with Gasteiger partial charge in [0.05, 0.1) is 5.71 Å². The van der Waals surface area contributed by atoms with Crippen LogP contribution in [-0.2, 0) is 9.59 Å². The Morgan fingerprint density at radius 3 is 2.52 bits per heavy atom. The molecule has 4 rings (SSSR count). The molecule has 0 radical (unpaired) electrons. The predicted octanol–water partition coefficient (Wildman–Crippen LogP) is 4.21. The van der Waals surface area contributed by atoms with E-state index in [1.807, 2.05) is 36.1 Å². The summed E-state index contributed by atoms with van der Waals surface area (Å²) in [6.07, 6.45) is 3.23. The molecule has 0 atom stereocenters. The van der Waals surface area contributed by atoms with Crippen LogP contribution in [0.25, 0.3) is 0 Å². The number of halogens is 1. The third-order valence-electron chi connectivity index (χ3n) is 5.64. The SMILES string of the molecule is Cc1sc2c(c1C)C(c1ccc(Cl)cc1)=NCC(=O)N2CC(=O)N1CCCCC1. The quantitative estimate of drug-likeness (QED) is 0.733. The fraction of sp³-hybridized carbons (Fsp3) is 0.409. The lowest BCUT2D eigenvalue weighted by atomic mass is 10.00. The second-order valence-electron chi connectivity index (χ2n) is 7.56. The number of amides is 2. The van der Waals surface area contributed by atoms with Crippen molar-refractivity contribution in [3.05, 3.63) is 50.9 Å². The van der Waals surface area contributed by atoms with Crippen LogP contribution >= 0.6 is 22.9 Å². The zero-order chi connectivity index (χ0) is 20.5. The molecule has 0 spiro atoms. The minimum atomic E-state index is -0.137. The van der Waals surface area contributed by atoms with Crippen LogP contribution in [0.3, 0.4) is 0 Å². The summed E-state index contributed by atoms with van der Waals surface area (Å²) in [4.78, 5) is 35.2. The van der Waals surface area contributed by atoms with Crippen molar-refractivity contribution in [1.82, 2.24) is 4.90 Å². The van der Waals surface area contributed by atoms with Gasteiger partial charge in [0.25, 0.3) is 0 Å². The van der Waals surface area contributed by atoms with Crippen molar-refractivity contribution in [2.24, 2.45) is 4.99 Å². The molecule has 1 saturated heterocycles. The molecule has 2 amide bonds. The normalized spacial score (nSPS) is 17.1. The van der Waals surface area contributed by atoms with Crippen LogP contribution in [-0.4, -0.2) is 48.6 Å². The van der Waals surface area contributed by atoms with E-state index in [0.717, 1.165) is 64.6 Å². The number of anilines is 1. The van der Waals surface area contributed by atoms with Crippen LogP contribution in [0, 0.1) is 13.8 Å². The lowest BCUT2D eigenvalue weighted by molar-refractivity contribution is -0.132. The van der Waals surface area contributed by atoms with Gasteiger partial charge in [-0.25, -0.2) is 0 Å². The first-order valence-electron chi connectivity index (χ1n) is 9.94. The molecule has 0 unspecified atom stereocenters. The molecule has 0 aliphatic carbocycles. The molecule has 5 nitrogen and oxygen atoms in total. The number of fused-ring (bicyclic) bond motifs is 1. The second-order valence-corrected chi connectivity index (χ2v) is 9.20. The summed E-state index contributed by atoms with van der Waals surface area (Å²) in [6.45, 7) is 5.77. The van der Waals surface area contributed by atoms with E-state index in [1.54, 1.807) is 16.2 Å². The van der Waals surface area contributed by atoms with Gasteiger partial charge in [-0.2, -0.15) is 0 Å². The van der Waals surface area contributed by atoms with Gasteiger partial charge in [-0.05, 0) is 50.8 Å². The van der Waals surface area contributed by atoms with E-state index in [-0.39, 0.29) is 24.9 Å². The number of aliphatic imine (C=N–C) groups is 1. The third-order valence-corrected chi connectivity index (χ3v) is 7.12.